The molecule has 0 radical (unpaired) electrons. The molecule has 2 spiro atoms. The second kappa shape index (κ2) is 13.8. The van der Waals surface area contributed by atoms with E-state index in [1.807, 2.05) is 0 Å². The Hall–Kier alpha value is 0. The molecular weight excluding hydrogens is 721 g/mol. The fourth-order valence-electron chi connectivity index (χ4n) is 25.1. The predicted molar refractivity (Wildman–Crippen MR) is 252 cm³/mol. The maximum absolute atomic E-state index is 2.90. The zero-order valence-corrected chi connectivity index (χ0v) is 41.6. The highest BCUT2D eigenvalue weighted by Gasteiger charge is 2.84. The molecule has 0 amide bonds. The van der Waals surface area contributed by atoms with Gasteiger partial charge in [-0.1, -0.05) is 134 Å². The van der Waals surface area contributed by atoms with Gasteiger partial charge in [-0.05, 0) is 240 Å². The minimum absolute atomic E-state index is 0.454. The van der Waals surface area contributed by atoms with Crippen LogP contribution in [0.15, 0.2) is 0 Å². The van der Waals surface area contributed by atoms with E-state index in [2.05, 4.69) is 76.2 Å². The molecule has 0 N–H and O–H groups in total. The Kier molecular flexibility index (Phi) is 9.52. The monoisotopic (exact) mass is 819 g/mol. The summed E-state index contributed by atoms with van der Waals surface area (Å²) in [4.78, 5) is 0. The average molecular weight is 819 g/mol. The van der Waals surface area contributed by atoms with Gasteiger partial charge >= 0.3 is 0 Å². The normalized spacial score (nSPS) is 58.1. The molecule has 0 nitrogen and oxygen atoms in total. The minimum Gasteiger partial charge on any atom is -0.0625 e. The predicted octanol–water partition coefficient (Wildman–Crippen LogP) is 16.7. The van der Waals surface area contributed by atoms with E-state index in [4.69, 9.17) is 0 Å². The molecular formula is C60H98. The summed E-state index contributed by atoms with van der Waals surface area (Å²) in [6, 6.07) is 0. The lowest BCUT2D eigenvalue weighted by Gasteiger charge is -2.75. The summed E-state index contributed by atoms with van der Waals surface area (Å²) >= 11 is 0. The Morgan fingerprint density at radius 2 is 1.12 bits per heavy atom. The zero-order chi connectivity index (χ0) is 41.6. The van der Waals surface area contributed by atoms with E-state index in [1.54, 1.807) is 109 Å². The van der Waals surface area contributed by atoms with Crippen LogP contribution in [0.4, 0.5) is 0 Å². The van der Waals surface area contributed by atoms with Crippen molar-refractivity contribution in [3.63, 3.8) is 0 Å². The van der Waals surface area contributed by atoms with Crippen molar-refractivity contribution in [3.05, 3.63) is 0 Å². The van der Waals surface area contributed by atoms with E-state index in [9.17, 15) is 0 Å². The molecule has 12 aliphatic carbocycles. The van der Waals surface area contributed by atoms with Gasteiger partial charge in [0.25, 0.3) is 0 Å². The van der Waals surface area contributed by atoms with Gasteiger partial charge in [0, 0.05) is 0 Å². The molecule has 12 aliphatic rings. The van der Waals surface area contributed by atoms with E-state index >= 15 is 0 Å². The first-order chi connectivity index (χ1) is 28.5. The molecule has 0 aromatic rings. The van der Waals surface area contributed by atoms with Crippen molar-refractivity contribution in [2.24, 2.45) is 163 Å². The largest absolute Gasteiger partial charge is 0.0625 e. The molecule has 22 unspecified atom stereocenters. The van der Waals surface area contributed by atoms with Gasteiger partial charge in [-0.3, -0.25) is 0 Å². The summed E-state index contributed by atoms with van der Waals surface area (Å²) < 4.78 is 0. The lowest BCUT2D eigenvalue weighted by molar-refractivity contribution is -0.275. The Morgan fingerprint density at radius 3 is 1.82 bits per heavy atom. The van der Waals surface area contributed by atoms with E-state index in [-0.39, 0.29) is 0 Å². The summed E-state index contributed by atoms with van der Waals surface area (Å²) in [6.07, 6.45) is 33.4. The van der Waals surface area contributed by atoms with E-state index < -0.39 is 0 Å². The fraction of sp³-hybridized carbons (Fsp3) is 1.00. The molecule has 0 heteroatoms. The van der Waals surface area contributed by atoms with Gasteiger partial charge in [-0.25, -0.2) is 0 Å². The molecule has 0 aromatic carbocycles. The lowest BCUT2D eigenvalue weighted by atomic mass is 9.30. The van der Waals surface area contributed by atoms with Crippen LogP contribution in [-0.4, -0.2) is 0 Å². The molecule has 22 atom stereocenters. The van der Waals surface area contributed by atoms with E-state index in [1.165, 1.54) is 25.7 Å². The smallest absolute Gasteiger partial charge is 0.0165 e. The van der Waals surface area contributed by atoms with Crippen LogP contribution in [0.2, 0.25) is 0 Å². The quantitative estimate of drug-likeness (QED) is 0.266. The van der Waals surface area contributed by atoms with Crippen molar-refractivity contribution in [3.8, 4) is 0 Å². The van der Waals surface area contributed by atoms with Gasteiger partial charge in [-0.15, -0.1) is 0 Å². The second-order valence-electron chi connectivity index (χ2n) is 29.8. The lowest BCUT2D eigenvalue weighted by Crippen LogP contribution is -2.70. The Labute approximate surface area is 372 Å². The average Bonchev–Trinajstić information content (AvgIpc) is 3.86. The van der Waals surface area contributed by atoms with Crippen LogP contribution < -0.4 is 0 Å². The summed E-state index contributed by atoms with van der Waals surface area (Å²) in [5.41, 5.74) is 2.77. The highest BCUT2D eigenvalue weighted by atomic mass is 14.9. The van der Waals surface area contributed by atoms with Crippen molar-refractivity contribution in [2.45, 2.75) is 211 Å². The summed E-state index contributed by atoms with van der Waals surface area (Å²) in [6.45, 7) is 30.6. The van der Waals surface area contributed by atoms with Crippen molar-refractivity contribution < 1.29 is 0 Å². The molecule has 12 saturated carbocycles. The van der Waals surface area contributed by atoms with Gasteiger partial charge in [0.1, 0.15) is 0 Å². The van der Waals surface area contributed by atoms with Crippen LogP contribution in [-0.2, 0) is 0 Å². The maximum Gasteiger partial charge on any atom is -0.0165 e. The van der Waals surface area contributed by atoms with Crippen LogP contribution in [0.3, 0.4) is 0 Å². The fourth-order valence-corrected chi connectivity index (χ4v) is 25.1. The van der Waals surface area contributed by atoms with Crippen LogP contribution in [0.25, 0.3) is 0 Å². The van der Waals surface area contributed by atoms with Gasteiger partial charge < -0.3 is 0 Å². The van der Waals surface area contributed by atoms with E-state index in [0.717, 1.165) is 136 Å². The molecule has 0 saturated heterocycles. The molecule has 338 valence electrons. The van der Waals surface area contributed by atoms with E-state index in [0.29, 0.717) is 27.1 Å². The molecule has 60 heavy (non-hydrogen) atoms. The van der Waals surface area contributed by atoms with Crippen molar-refractivity contribution >= 4 is 0 Å². The Morgan fingerprint density at radius 1 is 0.433 bits per heavy atom. The first-order valence-corrected chi connectivity index (χ1v) is 28.5. The highest BCUT2D eigenvalue weighted by Crippen LogP contribution is 2.89. The topological polar surface area (TPSA) is 0 Å². The molecule has 0 aliphatic heterocycles. The number of hydrogen-bond donors (Lipinski definition) is 0. The summed E-state index contributed by atoms with van der Waals surface area (Å²) in [7, 11) is 0. The van der Waals surface area contributed by atoms with Crippen molar-refractivity contribution in [1.29, 1.82) is 0 Å². The maximum atomic E-state index is 2.90. The third-order valence-corrected chi connectivity index (χ3v) is 27.5. The van der Waals surface area contributed by atoms with Gasteiger partial charge in [0.15, 0.2) is 0 Å². The van der Waals surface area contributed by atoms with Crippen LogP contribution in [0, 0.1) is 163 Å². The van der Waals surface area contributed by atoms with Crippen LogP contribution in [0.1, 0.15) is 211 Å². The minimum atomic E-state index is 0.454. The van der Waals surface area contributed by atoms with Crippen LogP contribution in [0.5, 0.6) is 0 Å². The van der Waals surface area contributed by atoms with Crippen molar-refractivity contribution in [1.82, 2.24) is 0 Å². The third-order valence-electron chi connectivity index (χ3n) is 27.5. The Balaban J connectivity index is 1.07. The zero-order valence-electron chi connectivity index (χ0n) is 41.6. The molecule has 0 heterocycles. The van der Waals surface area contributed by atoms with Gasteiger partial charge in [0.05, 0.1) is 0 Å². The standard InChI is InChI=1S/C60H98/c1-33-22-24-42-44(26-33)45-27-34(2)43-29-38-28-41(56(5,6)7)31-46-48-32-59(35(3)57(8,9)36(59)4)53(37-18-14-12-15-19-37)55(48)60(52(38)46)49-25-23-40(30-47(49)50(42)51(45)54(43)60)58(10,11)39-20-16-13-17-21-39/h33-55H,12-32H2,1-11H3. The van der Waals surface area contributed by atoms with Crippen molar-refractivity contribution in [2.75, 3.05) is 0 Å². The molecule has 12 fully saturated rings. The SMILES string of the molecule is CC1CCC2C(C1)C1CC(C)C3CC4CC(C(C)(C)C)CC5C6CC7(C(C8CCCCC8)C6C6(C8CCC(C(C)(C)C9CCCCC9)CC8C2C1C36)C45)C(C)C(C)(C)C7C. The molecule has 0 bridgehead atoms. The first-order valence-electron chi connectivity index (χ1n) is 28.5. The first kappa shape index (κ1) is 41.4. The second-order valence-corrected chi connectivity index (χ2v) is 29.8. The molecule has 0 aromatic heterocycles. The Bertz CT molecular complexity index is 1610. The number of fused-ring (bicyclic) bond motifs is 7. The third kappa shape index (κ3) is 5.17. The molecule has 12 rings (SSSR count). The highest BCUT2D eigenvalue weighted by molar-refractivity contribution is 5.32. The number of rotatable bonds is 3. The van der Waals surface area contributed by atoms with Crippen LogP contribution >= 0.6 is 0 Å². The van der Waals surface area contributed by atoms with Gasteiger partial charge in [-0.2, -0.15) is 0 Å². The summed E-state index contributed by atoms with van der Waals surface area (Å²) in [5.74, 6) is 23.7. The van der Waals surface area contributed by atoms with Gasteiger partial charge in [0.2, 0.25) is 0 Å². The number of hydrogen-bond acceptors (Lipinski definition) is 0. The summed E-state index contributed by atoms with van der Waals surface area (Å²) in [5, 5.41) is 0.